The van der Waals surface area contributed by atoms with Crippen molar-refractivity contribution in [1.82, 2.24) is 15.2 Å². The van der Waals surface area contributed by atoms with E-state index in [9.17, 15) is 4.79 Å². The Balaban J connectivity index is 0.00000150. The molecule has 0 aliphatic carbocycles. The number of amides is 1. The van der Waals surface area contributed by atoms with Crippen LogP contribution >= 0.6 is 24.8 Å². The van der Waals surface area contributed by atoms with Crippen molar-refractivity contribution in [1.29, 1.82) is 0 Å². The minimum Gasteiger partial charge on any atom is -0.370 e. The van der Waals surface area contributed by atoms with Crippen LogP contribution in [0.1, 0.15) is 36.6 Å². The molecule has 0 spiro atoms. The number of benzene rings is 1. The molecule has 1 amide bonds. The fraction of sp³-hybridized carbons (Fsp3) is 0.455. The van der Waals surface area contributed by atoms with Crippen LogP contribution in [0.4, 0.5) is 5.69 Å². The first-order chi connectivity index (χ1) is 13.2. The second-order valence-corrected chi connectivity index (χ2v) is 7.58. The van der Waals surface area contributed by atoms with Crippen LogP contribution in [0, 0.1) is 6.92 Å². The van der Waals surface area contributed by atoms with Gasteiger partial charge >= 0.3 is 0 Å². The Bertz CT molecular complexity index is 789. The summed E-state index contributed by atoms with van der Waals surface area (Å²) in [5.41, 5.74) is 3.52. The smallest absolute Gasteiger partial charge is 0.239 e. The van der Waals surface area contributed by atoms with Crippen LogP contribution in [0.3, 0.4) is 0 Å². The first-order valence-electron chi connectivity index (χ1n) is 9.98. The topological polar surface area (TPSA) is 48.5 Å². The van der Waals surface area contributed by atoms with Gasteiger partial charge in [0.1, 0.15) is 0 Å². The Morgan fingerprint density at radius 1 is 1.03 bits per heavy atom. The largest absolute Gasteiger partial charge is 0.370 e. The molecule has 7 heteroatoms. The molecule has 1 N–H and O–H groups in total. The highest BCUT2D eigenvalue weighted by molar-refractivity contribution is 5.85. The minimum absolute atomic E-state index is 0. The van der Waals surface area contributed by atoms with Gasteiger partial charge in [0.05, 0.1) is 6.04 Å². The van der Waals surface area contributed by atoms with Gasteiger partial charge in [0, 0.05) is 49.8 Å². The molecule has 4 rings (SSSR count). The summed E-state index contributed by atoms with van der Waals surface area (Å²) >= 11 is 0. The molecule has 3 heterocycles. The molecule has 29 heavy (non-hydrogen) atoms. The van der Waals surface area contributed by atoms with Crippen molar-refractivity contribution in [3.63, 3.8) is 0 Å². The zero-order valence-electron chi connectivity index (χ0n) is 16.8. The van der Waals surface area contributed by atoms with Crippen LogP contribution in [0.25, 0.3) is 0 Å². The number of rotatable bonds is 3. The maximum absolute atomic E-state index is 13.1. The van der Waals surface area contributed by atoms with Gasteiger partial charge in [-0.25, -0.2) is 0 Å². The van der Waals surface area contributed by atoms with Crippen LogP contribution in [0.5, 0.6) is 0 Å². The third-order valence-electron chi connectivity index (χ3n) is 5.70. The summed E-state index contributed by atoms with van der Waals surface area (Å²) in [4.78, 5) is 21.8. The number of halogens is 2. The van der Waals surface area contributed by atoms with Crippen molar-refractivity contribution in [2.24, 2.45) is 0 Å². The Morgan fingerprint density at radius 3 is 2.59 bits per heavy atom. The molecular formula is C22H30Cl2N4O. The Kier molecular flexibility index (Phi) is 8.75. The summed E-state index contributed by atoms with van der Waals surface area (Å²) in [6, 6.07) is 14.9. The quantitative estimate of drug-likeness (QED) is 0.795. The van der Waals surface area contributed by atoms with Gasteiger partial charge in [-0.3, -0.25) is 15.1 Å². The van der Waals surface area contributed by atoms with Gasteiger partial charge < -0.3 is 9.80 Å². The number of carbonyl (C=O) groups excluding carboxylic acids is 1. The van der Waals surface area contributed by atoms with E-state index < -0.39 is 0 Å². The van der Waals surface area contributed by atoms with Gasteiger partial charge in [0.15, 0.2) is 0 Å². The lowest BCUT2D eigenvalue weighted by atomic mass is 10.1. The highest BCUT2D eigenvalue weighted by atomic mass is 35.5. The predicted octanol–water partition coefficient (Wildman–Crippen LogP) is 3.77. The number of aromatic nitrogens is 1. The zero-order chi connectivity index (χ0) is 18.6. The lowest BCUT2D eigenvalue weighted by Gasteiger charge is -2.26. The molecule has 2 fully saturated rings. The van der Waals surface area contributed by atoms with E-state index in [-0.39, 0.29) is 36.8 Å². The number of pyridine rings is 1. The van der Waals surface area contributed by atoms with Gasteiger partial charge in [0.25, 0.3) is 0 Å². The molecule has 1 aromatic heterocycles. The second kappa shape index (κ2) is 10.8. The number of carbonyl (C=O) groups is 1. The lowest BCUT2D eigenvalue weighted by molar-refractivity contribution is -0.132. The van der Waals surface area contributed by atoms with Crippen LogP contribution in [0.15, 0.2) is 48.7 Å². The molecular weight excluding hydrogens is 407 g/mol. The highest BCUT2D eigenvalue weighted by Crippen LogP contribution is 2.27. The highest BCUT2D eigenvalue weighted by Gasteiger charge is 2.33. The fourth-order valence-corrected chi connectivity index (χ4v) is 4.23. The van der Waals surface area contributed by atoms with Crippen molar-refractivity contribution in [3.8, 4) is 0 Å². The van der Waals surface area contributed by atoms with E-state index in [1.165, 1.54) is 11.3 Å². The minimum atomic E-state index is -0.0510. The second-order valence-electron chi connectivity index (χ2n) is 7.58. The zero-order valence-corrected chi connectivity index (χ0v) is 18.4. The summed E-state index contributed by atoms with van der Waals surface area (Å²) in [5, 5.41) is 3.56. The molecule has 2 aliphatic rings. The van der Waals surface area contributed by atoms with E-state index in [1.807, 2.05) is 19.2 Å². The van der Waals surface area contributed by atoms with Crippen LogP contribution in [-0.2, 0) is 4.79 Å². The van der Waals surface area contributed by atoms with Gasteiger partial charge in [-0.15, -0.1) is 24.8 Å². The molecule has 0 unspecified atom stereocenters. The summed E-state index contributed by atoms with van der Waals surface area (Å²) in [6.07, 6.45) is 4.81. The normalized spacial score (nSPS) is 21.7. The first-order valence-corrected chi connectivity index (χ1v) is 9.98. The molecule has 0 bridgehead atoms. The number of aryl methyl sites for hydroxylation is 1. The van der Waals surface area contributed by atoms with E-state index in [2.05, 4.69) is 56.5 Å². The molecule has 0 saturated carbocycles. The summed E-state index contributed by atoms with van der Waals surface area (Å²) < 4.78 is 0. The third-order valence-corrected chi connectivity index (χ3v) is 5.70. The van der Waals surface area contributed by atoms with E-state index in [0.29, 0.717) is 6.04 Å². The van der Waals surface area contributed by atoms with Crippen molar-refractivity contribution in [3.05, 3.63) is 59.9 Å². The first kappa shape index (κ1) is 23.5. The lowest BCUT2D eigenvalue weighted by Crippen LogP contribution is -2.45. The SMILES string of the molecule is Cc1cc(N2CCCN(C(=O)[C@H]3CC[C@H](c4ccccc4)N3)CC2)ccn1.Cl.Cl. The van der Waals surface area contributed by atoms with Gasteiger partial charge in [-0.05, 0) is 43.9 Å². The van der Waals surface area contributed by atoms with Crippen molar-refractivity contribution in [2.45, 2.75) is 38.3 Å². The number of hydrogen-bond donors (Lipinski definition) is 1. The third kappa shape index (κ3) is 5.62. The van der Waals surface area contributed by atoms with Crippen LogP contribution in [0.2, 0.25) is 0 Å². The molecule has 158 valence electrons. The Labute approximate surface area is 185 Å². The van der Waals surface area contributed by atoms with Crippen LogP contribution < -0.4 is 10.2 Å². The van der Waals surface area contributed by atoms with E-state index in [4.69, 9.17) is 0 Å². The number of hydrogen-bond acceptors (Lipinski definition) is 4. The van der Waals surface area contributed by atoms with Crippen LogP contribution in [-0.4, -0.2) is 48.0 Å². The standard InChI is InChI=1S/C22H28N4O.2ClH/c1-17-16-19(10-11-23-17)25-12-5-13-26(15-14-25)22(27)21-9-8-20(24-21)18-6-3-2-4-7-18;;/h2-4,6-7,10-11,16,20-21,24H,5,8-9,12-15H2,1H3;2*1H/t20-,21-;;/m1../s1. The average Bonchev–Trinajstić information content (AvgIpc) is 3.06. The molecule has 1 aromatic carbocycles. The molecule has 2 saturated heterocycles. The predicted molar refractivity (Wildman–Crippen MR) is 122 cm³/mol. The van der Waals surface area contributed by atoms with E-state index in [0.717, 1.165) is 51.1 Å². The maximum Gasteiger partial charge on any atom is 0.239 e. The maximum atomic E-state index is 13.1. The van der Waals surface area contributed by atoms with Gasteiger partial charge in [0.2, 0.25) is 5.91 Å². The summed E-state index contributed by atoms with van der Waals surface area (Å²) in [6.45, 7) is 5.51. The summed E-state index contributed by atoms with van der Waals surface area (Å²) in [7, 11) is 0. The van der Waals surface area contributed by atoms with Gasteiger partial charge in [-0.1, -0.05) is 30.3 Å². The molecule has 2 atom stereocenters. The molecule has 2 aliphatic heterocycles. The molecule has 5 nitrogen and oxygen atoms in total. The van der Waals surface area contributed by atoms with Crippen molar-refractivity contribution < 1.29 is 4.79 Å². The monoisotopic (exact) mass is 436 g/mol. The molecule has 2 aromatic rings. The van der Waals surface area contributed by atoms with Crippen molar-refractivity contribution in [2.75, 3.05) is 31.1 Å². The number of nitrogens with one attached hydrogen (secondary N) is 1. The van der Waals surface area contributed by atoms with E-state index >= 15 is 0 Å². The molecule has 0 radical (unpaired) electrons. The number of nitrogens with zero attached hydrogens (tertiary/aromatic N) is 3. The number of anilines is 1. The fourth-order valence-electron chi connectivity index (χ4n) is 4.23. The van der Waals surface area contributed by atoms with Crippen molar-refractivity contribution >= 4 is 36.4 Å². The Hall–Kier alpha value is -1.82. The Morgan fingerprint density at radius 2 is 1.83 bits per heavy atom. The average molecular weight is 437 g/mol. The summed E-state index contributed by atoms with van der Waals surface area (Å²) in [5.74, 6) is 0.265. The van der Waals surface area contributed by atoms with Gasteiger partial charge in [-0.2, -0.15) is 0 Å². The van der Waals surface area contributed by atoms with E-state index in [1.54, 1.807) is 0 Å².